The summed E-state index contributed by atoms with van der Waals surface area (Å²) in [5.74, 6) is -1.51. The molecule has 1 unspecified atom stereocenters. The van der Waals surface area contributed by atoms with Crippen LogP contribution in [0.5, 0.6) is 0 Å². The second-order valence-corrected chi connectivity index (χ2v) is 3.21. The Balaban J connectivity index is 2.45. The second kappa shape index (κ2) is 4.23. The average Bonchev–Trinajstić information content (AvgIpc) is 2.46. The van der Waals surface area contributed by atoms with E-state index in [2.05, 4.69) is 0 Å². The van der Waals surface area contributed by atoms with Crippen LogP contribution in [0.2, 0.25) is 0 Å². The predicted molar refractivity (Wildman–Crippen MR) is 46.0 cm³/mol. The molecule has 0 aliphatic carbocycles. The Morgan fingerprint density at radius 1 is 1.69 bits per heavy atom. The van der Waals surface area contributed by atoms with E-state index >= 15 is 0 Å². The van der Waals surface area contributed by atoms with Gasteiger partial charge in [0.25, 0.3) is 0 Å². The van der Waals surface area contributed by atoms with Crippen molar-refractivity contribution in [3.8, 4) is 0 Å². The van der Waals surface area contributed by atoms with Gasteiger partial charge in [-0.25, -0.2) is 0 Å². The molecule has 0 bridgehead atoms. The van der Waals surface area contributed by atoms with Crippen LogP contribution in [0, 0.1) is 5.92 Å². The molecule has 1 aliphatic heterocycles. The third-order valence-electron chi connectivity index (χ3n) is 2.25. The summed E-state index contributed by atoms with van der Waals surface area (Å²) in [5, 5.41) is 8.70. The Kier molecular flexibility index (Phi) is 3.25. The number of nitrogens with zero attached hydrogens (tertiary/aromatic N) is 1. The van der Waals surface area contributed by atoms with Crippen molar-refractivity contribution in [1.29, 1.82) is 0 Å². The quantitative estimate of drug-likeness (QED) is 0.606. The molecule has 1 saturated heterocycles. The Bertz CT molecular complexity index is 217. The molecule has 5 heteroatoms. The second-order valence-electron chi connectivity index (χ2n) is 3.21. The zero-order valence-electron chi connectivity index (χ0n) is 7.40. The third kappa shape index (κ3) is 2.42. The van der Waals surface area contributed by atoms with E-state index in [4.69, 9.17) is 10.8 Å². The number of carbonyl (C=O) groups excluding carboxylic acids is 1. The number of aliphatic carboxylic acids is 1. The van der Waals surface area contributed by atoms with Gasteiger partial charge in [0, 0.05) is 26.1 Å². The molecule has 0 aromatic heterocycles. The summed E-state index contributed by atoms with van der Waals surface area (Å²) in [5.41, 5.74) is 5.28. The number of carboxylic acids is 1. The molecule has 1 fully saturated rings. The fourth-order valence-corrected chi connectivity index (χ4v) is 1.42. The van der Waals surface area contributed by atoms with Crippen molar-refractivity contribution in [3.05, 3.63) is 0 Å². The van der Waals surface area contributed by atoms with Gasteiger partial charge in [0.1, 0.15) is 0 Å². The van der Waals surface area contributed by atoms with Gasteiger partial charge in [-0.05, 0) is 6.42 Å². The highest BCUT2D eigenvalue weighted by Gasteiger charge is 2.25. The van der Waals surface area contributed by atoms with Gasteiger partial charge < -0.3 is 15.7 Å². The van der Waals surface area contributed by atoms with Crippen LogP contribution >= 0.6 is 0 Å². The standard InChI is InChI=1S/C8H14N2O3/c9-4-6(8(12)13)5-10-3-1-2-7(10)11/h6H,1-5,9H2,(H,12,13). The maximum Gasteiger partial charge on any atom is 0.309 e. The van der Waals surface area contributed by atoms with E-state index in [0.717, 1.165) is 6.42 Å². The number of nitrogens with two attached hydrogens (primary N) is 1. The highest BCUT2D eigenvalue weighted by Crippen LogP contribution is 2.11. The van der Waals surface area contributed by atoms with Crippen LogP contribution in [0.4, 0.5) is 0 Å². The van der Waals surface area contributed by atoms with Crippen molar-refractivity contribution in [2.45, 2.75) is 12.8 Å². The number of carbonyl (C=O) groups is 2. The van der Waals surface area contributed by atoms with E-state index in [9.17, 15) is 9.59 Å². The van der Waals surface area contributed by atoms with E-state index in [0.29, 0.717) is 13.0 Å². The largest absolute Gasteiger partial charge is 0.481 e. The van der Waals surface area contributed by atoms with E-state index in [1.54, 1.807) is 4.90 Å². The molecule has 1 rings (SSSR count). The van der Waals surface area contributed by atoms with Crippen molar-refractivity contribution in [2.75, 3.05) is 19.6 Å². The molecule has 0 aromatic carbocycles. The van der Waals surface area contributed by atoms with E-state index in [1.165, 1.54) is 0 Å². The van der Waals surface area contributed by atoms with Crippen LogP contribution in [0.25, 0.3) is 0 Å². The number of hydrogen-bond acceptors (Lipinski definition) is 3. The van der Waals surface area contributed by atoms with Gasteiger partial charge >= 0.3 is 5.97 Å². The van der Waals surface area contributed by atoms with Gasteiger partial charge in [-0.15, -0.1) is 0 Å². The van der Waals surface area contributed by atoms with E-state index in [1.807, 2.05) is 0 Å². The van der Waals surface area contributed by atoms with Crippen molar-refractivity contribution in [3.63, 3.8) is 0 Å². The van der Waals surface area contributed by atoms with Crippen LogP contribution in [0.3, 0.4) is 0 Å². The normalized spacial score (nSPS) is 19.2. The number of hydrogen-bond donors (Lipinski definition) is 2. The summed E-state index contributed by atoms with van der Waals surface area (Å²) in [6.07, 6.45) is 1.37. The molecular formula is C8H14N2O3. The topological polar surface area (TPSA) is 83.6 Å². The molecular weight excluding hydrogens is 172 g/mol. The summed E-state index contributed by atoms with van der Waals surface area (Å²) in [6.45, 7) is 1.01. The van der Waals surface area contributed by atoms with Crippen LogP contribution in [-0.2, 0) is 9.59 Å². The molecule has 0 aromatic rings. The smallest absolute Gasteiger partial charge is 0.309 e. The lowest BCUT2D eigenvalue weighted by atomic mass is 10.1. The maximum absolute atomic E-state index is 11.1. The molecule has 5 nitrogen and oxygen atoms in total. The fraction of sp³-hybridized carbons (Fsp3) is 0.750. The highest BCUT2D eigenvalue weighted by molar-refractivity contribution is 5.79. The van der Waals surface area contributed by atoms with Gasteiger partial charge in [0.2, 0.25) is 5.91 Å². The first-order chi connectivity index (χ1) is 6.15. The van der Waals surface area contributed by atoms with Crippen molar-refractivity contribution in [1.82, 2.24) is 4.90 Å². The zero-order chi connectivity index (χ0) is 9.84. The van der Waals surface area contributed by atoms with Crippen molar-refractivity contribution < 1.29 is 14.7 Å². The Hall–Kier alpha value is -1.10. The number of carboxylic acid groups (broad SMARTS) is 1. The Labute approximate surface area is 76.5 Å². The van der Waals surface area contributed by atoms with Gasteiger partial charge in [0.05, 0.1) is 5.92 Å². The lowest BCUT2D eigenvalue weighted by Crippen LogP contribution is -2.37. The summed E-state index contributed by atoms with van der Waals surface area (Å²) in [6, 6.07) is 0. The van der Waals surface area contributed by atoms with Crippen LogP contribution in [-0.4, -0.2) is 41.5 Å². The van der Waals surface area contributed by atoms with Crippen LogP contribution in [0.1, 0.15) is 12.8 Å². The molecule has 1 amide bonds. The van der Waals surface area contributed by atoms with Crippen LogP contribution in [0.15, 0.2) is 0 Å². The van der Waals surface area contributed by atoms with Gasteiger partial charge in [0.15, 0.2) is 0 Å². The average molecular weight is 186 g/mol. The fourth-order valence-electron chi connectivity index (χ4n) is 1.42. The van der Waals surface area contributed by atoms with E-state index < -0.39 is 11.9 Å². The first-order valence-electron chi connectivity index (χ1n) is 4.35. The van der Waals surface area contributed by atoms with E-state index in [-0.39, 0.29) is 19.0 Å². The minimum atomic E-state index is -0.929. The minimum Gasteiger partial charge on any atom is -0.481 e. The Morgan fingerprint density at radius 2 is 2.38 bits per heavy atom. The lowest BCUT2D eigenvalue weighted by molar-refractivity contribution is -0.142. The van der Waals surface area contributed by atoms with Crippen LogP contribution < -0.4 is 5.73 Å². The Morgan fingerprint density at radius 3 is 2.77 bits per heavy atom. The first kappa shape index (κ1) is 9.98. The molecule has 3 N–H and O–H groups in total. The van der Waals surface area contributed by atoms with Crippen molar-refractivity contribution >= 4 is 11.9 Å². The SMILES string of the molecule is NCC(CN1CCCC1=O)C(=O)O. The summed E-state index contributed by atoms with van der Waals surface area (Å²) in [4.78, 5) is 23.3. The first-order valence-corrected chi connectivity index (χ1v) is 4.35. The molecule has 1 atom stereocenters. The number of rotatable bonds is 4. The molecule has 0 saturated carbocycles. The molecule has 1 aliphatic rings. The van der Waals surface area contributed by atoms with Gasteiger partial charge in [-0.3, -0.25) is 9.59 Å². The zero-order valence-corrected chi connectivity index (χ0v) is 7.40. The predicted octanol–water partition coefficient (Wildman–Crippen LogP) is -0.732. The molecule has 0 radical (unpaired) electrons. The maximum atomic E-state index is 11.1. The molecule has 0 spiro atoms. The van der Waals surface area contributed by atoms with Gasteiger partial charge in [-0.1, -0.05) is 0 Å². The third-order valence-corrected chi connectivity index (χ3v) is 2.25. The highest BCUT2D eigenvalue weighted by atomic mass is 16.4. The minimum absolute atomic E-state index is 0.0414. The van der Waals surface area contributed by atoms with Gasteiger partial charge in [-0.2, -0.15) is 0 Å². The monoisotopic (exact) mass is 186 g/mol. The number of amides is 1. The summed E-state index contributed by atoms with van der Waals surface area (Å²) >= 11 is 0. The molecule has 1 heterocycles. The summed E-state index contributed by atoms with van der Waals surface area (Å²) < 4.78 is 0. The molecule has 13 heavy (non-hydrogen) atoms. The molecule has 74 valence electrons. The summed E-state index contributed by atoms with van der Waals surface area (Å²) in [7, 11) is 0. The van der Waals surface area contributed by atoms with Crippen molar-refractivity contribution in [2.24, 2.45) is 11.7 Å². The lowest BCUT2D eigenvalue weighted by Gasteiger charge is -2.19. The number of likely N-dealkylation sites (tertiary alicyclic amines) is 1.